The maximum absolute atomic E-state index is 13.4. The molecule has 10 nitrogen and oxygen atoms in total. The normalized spacial score (nSPS) is 30.2. The number of aliphatic hydroxyl groups is 1. The van der Waals surface area contributed by atoms with Crippen LogP contribution in [0.2, 0.25) is 0 Å². The molecule has 4 aliphatic carbocycles. The van der Waals surface area contributed by atoms with Crippen LogP contribution in [0.3, 0.4) is 0 Å². The topological polar surface area (TPSA) is 115 Å². The third-order valence-corrected chi connectivity index (χ3v) is 8.53. The summed E-state index contributed by atoms with van der Waals surface area (Å²) in [6, 6.07) is 2.10. The van der Waals surface area contributed by atoms with E-state index < -0.39 is 0 Å². The first kappa shape index (κ1) is 19.2. The Morgan fingerprint density at radius 1 is 1.24 bits per heavy atom. The zero-order valence-corrected chi connectivity index (χ0v) is 18.6. The second-order valence-electron chi connectivity index (χ2n) is 10.4. The second-order valence-corrected chi connectivity index (χ2v) is 10.4. The number of anilines is 2. The number of hydrogen-bond acceptors (Lipinski definition) is 7. The van der Waals surface area contributed by atoms with E-state index in [0.717, 1.165) is 48.1 Å². The first-order valence-corrected chi connectivity index (χ1v) is 11.6. The molecule has 0 amide bonds. The van der Waals surface area contributed by atoms with E-state index >= 15 is 0 Å². The monoisotopic (exact) mass is 446 g/mol. The largest absolute Gasteiger partial charge is 0.396 e. The van der Waals surface area contributed by atoms with E-state index in [0.29, 0.717) is 29.3 Å². The van der Waals surface area contributed by atoms with Crippen LogP contribution in [-0.4, -0.2) is 45.4 Å². The molecule has 0 aliphatic heterocycles. The molecule has 4 aromatic heterocycles. The van der Waals surface area contributed by atoms with Gasteiger partial charge in [0.25, 0.3) is 0 Å². The first-order chi connectivity index (χ1) is 16.0. The SMILES string of the molecule is Cc1cc2ncnn2cc1Nc1ncc2c(n1)n(C1C3CC4CC(CO)(C3)CC41)c(=O)n2C. The third kappa shape index (κ3) is 2.55. The van der Waals surface area contributed by atoms with E-state index in [1.807, 2.05) is 23.8 Å². The highest BCUT2D eigenvalue weighted by Gasteiger charge is 2.61. The van der Waals surface area contributed by atoms with Gasteiger partial charge in [0.15, 0.2) is 11.3 Å². The van der Waals surface area contributed by atoms with Crippen molar-refractivity contribution in [2.75, 3.05) is 11.9 Å². The smallest absolute Gasteiger partial charge is 0.330 e. The van der Waals surface area contributed by atoms with Crippen molar-refractivity contribution in [2.24, 2.45) is 30.2 Å². The fourth-order valence-electron chi connectivity index (χ4n) is 7.19. The van der Waals surface area contributed by atoms with E-state index in [2.05, 4.69) is 20.4 Å². The van der Waals surface area contributed by atoms with E-state index in [4.69, 9.17) is 4.98 Å². The number of rotatable bonds is 4. The van der Waals surface area contributed by atoms with Gasteiger partial charge in [-0.1, -0.05) is 0 Å². The minimum atomic E-state index is -0.0317. The quantitative estimate of drug-likeness (QED) is 0.494. The van der Waals surface area contributed by atoms with Gasteiger partial charge in [-0.2, -0.15) is 10.1 Å². The molecule has 4 saturated carbocycles. The number of aliphatic hydroxyl groups excluding tert-OH is 1. The van der Waals surface area contributed by atoms with Crippen molar-refractivity contribution in [2.45, 2.75) is 38.6 Å². The van der Waals surface area contributed by atoms with Crippen molar-refractivity contribution in [1.29, 1.82) is 0 Å². The number of aryl methyl sites for hydroxylation is 2. The van der Waals surface area contributed by atoms with Crippen molar-refractivity contribution in [1.82, 2.24) is 33.7 Å². The van der Waals surface area contributed by atoms with Crippen molar-refractivity contribution in [3.05, 3.63) is 40.8 Å². The number of imidazole rings is 1. The Morgan fingerprint density at radius 2 is 2.09 bits per heavy atom. The Morgan fingerprint density at radius 3 is 2.91 bits per heavy atom. The van der Waals surface area contributed by atoms with Crippen molar-refractivity contribution >= 4 is 28.4 Å². The highest BCUT2D eigenvalue weighted by molar-refractivity contribution is 5.73. The number of nitrogens with one attached hydrogen (secondary N) is 1. The van der Waals surface area contributed by atoms with Crippen molar-refractivity contribution < 1.29 is 5.11 Å². The summed E-state index contributed by atoms with van der Waals surface area (Å²) in [5.41, 5.74) is 4.07. The Kier molecular flexibility index (Phi) is 3.73. The van der Waals surface area contributed by atoms with E-state index in [-0.39, 0.29) is 23.8 Å². The van der Waals surface area contributed by atoms with Gasteiger partial charge in [0.2, 0.25) is 5.95 Å². The minimum Gasteiger partial charge on any atom is -0.396 e. The lowest BCUT2D eigenvalue weighted by Crippen LogP contribution is -2.39. The Bertz CT molecular complexity index is 1480. The average molecular weight is 447 g/mol. The van der Waals surface area contributed by atoms with E-state index in [1.54, 1.807) is 22.3 Å². The molecule has 4 aromatic rings. The molecule has 2 N–H and O–H groups in total. The molecular weight excluding hydrogens is 420 g/mol. The zero-order valence-electron chi connectivity index (χ0n) is 18.6. The maximum atomic E-state index is 13.4. The fourth-order valence-corrected chi connectivity index (χ4v) is 7.19. The molecule has 5 unspecified atom stereocenters. The zero-order chi connectivity index (χ0) is 22.5. The number of pyridine rings is 1. The first-order valence-electron chi connectivity index (χ1n) is 11.6. The molecule has 0 spiro atoms. The fraction of sp³-hybridized carbons (Fsp3) is 0.522. The van der Waals surface area contributed by atoms with Gasteiger partial charge >= 0.3 is 5.69 Å². The van der Waals surface area contributed by atoms with E-state index in [9.17, 15) is 9.90 Å². The predicted octanol–water partition coefficient (Wildman–Crippen LogP) is 2.19. The van der Waals surface area contributed by atoms with Crippen LogP contribution >= 0.6 is 0 Å². The second kappa shape index (κ2) is 6.40. The molecule has 0 aromatic carbocycles. The van der Waals surface area contributed by atoms with Gasteiger partial charge in [0, 0.05) is 19.7 Å². The Hall–Kier alpha value is -3.27. The molecule has 4 aliphatic rings. The summed E-state index contributed by atoms with van der Waals surface area (Å²) in [4.78, 5) is 26.9. The molecule has 33 heavy (non-hydrogen) atoms. The Labute approximate surface area is 189 Å². The van der Waals surface area contributed by atoms with Crippen LogP contribution in [0.5, 0.6) is 0 Å². The summed E-state index contributed by atoms with van der Waals surface area (Å²) in [5.74, 6) is 1.90. The van der Waals surface area contributed by atoms with Crippen LogP contribution in [0.1, 0.15) is 37.3 Å². The summed E-state index contributed by atoms with van der Waals surface area (Å²) in [5, 5.41) is 17.5. The standard InChI is InChI=1S/C23H26N8O2/c1-12-3-18-25-11-26-30(18)9-16(12)27-21-24-8-17-20(28-21)31(22(33)29(17)2)19-14-4-13-5-23(6-14,10-32)7-15(13)19/h3,8-9,11,13-15,19,32H,4-7,10H2,1-2H3,(H,24,27,28). The van der Waals surface area contributed by atoms with Gasteiger partial charge in [-0.05, 0) is 67.4 Å². The average Bonchev–Trinajstić information content (AvgIpc) is 3.49. The molecule has 0 saturated heterocycles. The molecule has 0 radical (unpaired) electrons. The van der Waals surface area contributed by atoms with Crippen LogP contribution in [0, 0.1) is 30.1 Å². The van der Waals surface area contributed by atoms with Crippen LogP contribution in [0.4, 0.5) is 11.6 Å². The molecule has 170 valence electrons. The van der Waals surface area contributed by atoms with Crippen LogP contribution in [0.15, 0.2) is 29.6 Å². The molecule has 4 fully saturated rings. The number of hydrogen-bond donors (Lipinski definition) is 2. The van der Waals surface area contributed by atoms with Crippen molar-refractivity contribution in [3.63, 3.8) is 0 Å². The van der Waals surface area contributed by atoms with Gasteiger partial charge < -0.3 is 10.4 Å². The van der Waals surface area contributed by atoms with Crippen LogP contribution in [0.25, 0.3) is 16.8 Å². The third-order valence-electron chi connectivity index (χ3n) is 8.53. The van der Waals surface area contributed by atoms with E-state index in [1.165, 1.54) is 6.33 Å². The molecular formula is C23H26N8O2. The molecule has 5 atom stereocenters. The lowest BCUT2D eigenvalue weighted by Gasteiger charge is -2.40. The highest BCUT2D eigenvalue weighted by atomic mass is 16.3. The maximum Gasteiger partial charge on any atom is 0.330 e. The summed E-state index contributed by atoms with van der Waals surface area (Å²) in [6.45, 7) is 2.26. The molecule has 4 bridgehead atoms. The summed E-state index contributed by atoms with van der Waals surface area (Å²) >= 11 is 0. The number of aromatic nitrogens is 7. The predicted molar refractivity (Wildman–Crippen MR) is 121 cm³/mol. The number of fused-ring (bicyclic) bond motifs is 2. The highest BCUT2D eigenvalue weighted by Crippen LogP contribution is 2.67. The minimum absolute atomic E-state index is 0.0317. The molecule has 10 heteroatoms. The van der Waals surface area contributed by atoms with Gasteiger partial charge in [-0.25, -0.2) is 19.3 Å². The summed E-state index contributed by atoms with van der Waals surface area (Å²) < 4.78 is 5.29. The van der Waals surface area contributed by atoms with Gasteiger partial charge in [0.1, 0.15) is 11.8 Å². The van der Waals surface area contributed by atoms with Gasteiger partial charge in [0.05, 0.1) is 18.1 Å². The number of nitrogens with zero attached hydrogens (tertiary/aromatic N) is 7. The van der Waals surface area contributed by atoms with Gasteiger partial charge in [-0.15, -0.1) is 0 Å². The summed E-state index contributed by atoms with van der Waals surface area (Å²) in [6.07, 6.45) is 9.36. The van der Waals surface area contributed by atoms with Crippen LogP contribution < -0.4 is 11.0 Å². The Balaban J connectivity index is 1.32. The molecule has 8 rings (SSSR count). The molecule has 4 heterocycles. The lowest BCUT2D eigenvalue weighted by atomic mass is 9.68. The van der Waals surface area contributed by atoms with Gasteiger partial charge in [-0.3, -0.25) is 9.13 Å². The lowest BCUT2D eigenvalue weighted by molar-refractivity contribution is 0.0420. The summed E-state index contributed by atoms with van der Waals surface area (Å²) in [7, 11) is 1.79. The van der Waals surface area contributed by atoms with Crippen LogP contribution in [-0.2, 0) is 7.05 Å². The van der Waals surface area contributed by atoms with Crippen molar-refractivity contribution in [3.8, 4) is 0 Å².